The number of ether oxygens (including phenoxy) is 1. The summed E-state index contributed by atoms with van der Waals surface area (Å²) in [7, 11) is 0. The summed E-state index contributed by atoms with van der Waals surface area (Å²) in [5.74, 6) is 0.949. The van der Waals surface area contributed by atoms with Gasteiger partial charge in [-0.1, -0.05) is 49.4 Å². The molecule has 0 saturated carbocycles. The minimum absolute atomic E-state index is 0.686. The molecule has 0 aromatic heterocycles. The summed E-state index contributed by atoms with van der Waals surface area (Å²) < 4.78 is 7.00. The van der Waals surface area contributed by atoms with E-state index in [1.54, 1.807) is 0 Å². The molecule has 2 nitrogen and oxygen atoms in total. The van der Waals surface area contributed by atoms with Crippen molar-refractivity contribution in [1.29, 1.82) is 0 Å². The smallest absolute Gasteiger partial charge is 0.137 e. The second-order valence-electron chi connectivity index (χ2n) is 4.59. The van der Waals surface area contributed by atoms with Gasteiger partial charge in [0.05, 0.1) is 11.1 Å². The van der Waals surface area contributed by atoms with Crippen LogP contribution in [0.15, 0.2) is 53.0 Å². The van der Waals surface area contributed by atoms with Crippen LogP contribution in [0.1, 0.15) is 18.1 Å². The topological polar surface area (TPSA) is 21.3 Å². The number of para-hydroxylation sites is 1. The molecule has 2 aromatic carbocycles. The second kappa shape index (κ2) is 8.08. The largest absolute Gasteiger partial charge is 0.492 e. The van der Waals surface area contributed by atoms with E-state index in [1.165, 1.54) is 11.1 Å². The van der Waals surface area contributed by atoms with Gasteiger partial charge in [0, 0.05) is 18.5 Å². The molecule has 0 aliphatic carbocycles. The molecular weight excluding hydrogens is 314 g/mol. The van der Waals surface area contributed by atoms with E-state index < -0.39 is 0 Å². The van der Waals surface area contributed by atoms with Crippen molar-refractivity contribution < 1.29 is 4.74 Å². The fourth-order valence-corrected chi connectivity index (χ4v) is 2.55. The Kier molecular flexibility index (Phi) is 6.09. The van der Waals surface area contributed by atoms with Crippen LogP contribution >= 0.6 is 15.9 Å². The first kappa shape index (κ1) is 15.1. The van der Waals surface area contributed by atoms with Crippen molar-refractivity contribution in [2.45, 2.75) is 19.9 Å². The third-order valence-electron chi connectivity index (χ3n) is 3.09. The molecule has 0 heterocycles. The highest BCUT2D eigenvalue weighted by Crippen LogP contribution is 2.29. The van der Waals surface area contributed by atoms with E-state index in [4.69, 9.17) is 4.74 Å². The molecule has 0 spiro atoms. The minimum atomic E-state index is 0.686. The minimum Gasteiger partial charge on any atom is -0.492 e. The third-order valence-corrected chi connectivity index (χ3v) is 3.72. The Bertz CT molecular complexity index is 528. The predicted octanol–water partition coefficient (Wildman–Crippen LogP) is 4.18. The van der Waals surface area contributed by atoms with Crippen molar-refractivity contribution in [3.63, 3.8) is 0 Å². The molecular formula is C17H20BrNO. The Balaban J connectivity index is 1.97. The van der Waals surface area contributed by atoms with Crippen molar-refractivity contribution in [2.24, 2.45) is 0 Å². The van der Waals surface area contributed by atoms with Crippen molar-refractivity contribution in [1.82, 2.24) is 5.32 Å². The number of halogens is 1. The standard InChI is InChI=1S/C17H20BrNO/c1-2-19-13-15-9-6-10-16(18)17(15)20-12-11-14-7-4-3-5-8-14/h3-10,19H,2,11-13H2,1H3. The summed E-state index contributed by atoms with van der Waals surface area (Å²) in [4.78, 5) is 0. The van der Waals surface area contributed by atoms with E-state index in [9.17, 15) is 0 Å². The van der Waals surface area contributed by atoms with Gasteiger partial charge in [0.1, 0.15) is 5.75 Å². The average Bonchev–Trinajstić information content (AvgIpc) is 2.48. The van der Waals surface area contributed by atoms with Gasteiger partial charge in [-0.2, -0.15) is 0 Å². The molecule has 3 heteroatoms. The Hall–Kier alpha value is -1.32. The van der Waals surface area contributed by atoms with Gasteiger partial charge in [0.2, 0.25) is 0 Å². The monoisotopic (exact) mass is 333 g/mol. The second-order valence-corrected chi connectivity index (χ2v) is 5.45. The molecule has 20 heavy (non-hydrogen) atoms. The van der Waals surface area contributed by atoms with Crippen LogP contribution in [0.3, 0.4) is 0 Å². The van der Waals surface area contributed by atoms with Gasteiger partial charge < -0.3 is 10.1 Å². The van der Waals surface area contributed by atoms with E-state index in [1.807, 2.05) is 18.2 Å². The Morgan fingerprint density at radius 3 is 2.60 bits per heavy atom. The van der Waals surface area contributed by atoms with E-state index in [-0.39, 0.29) is 0 Å². The Morgan fingerprint density at radius 2 is 1.85 bits per heavy atom. The van der Waals surface area contributed by atoms with E-state index >= 15 is 0 Å². The van der Waals surface area contributed by atoms with Gasteiger partial charge in [-0.3, -0.25) is 0 Å². The summed E-state index contributed by atoms with van der Waals surface area (Å²) in [5, 5.41) is 3.34. The number of benzene rings is 2. The third kappa shape index (κ3) is 4.36. The predicted molar refractivity (Wildman–Crippen MR) is 87.2 cm³/mol. The number of rotatable bonds is 7. The Labute approximate surface area is 129 Å². The molecule has 0 saturated heterocycles. The molecule has 0 atom stereocenters. The van der Waals surface area contributed by atoms with Crippen LogP contribution in [-0.2, 0) is 13.0 Å². The van der Waals surface area contributed by atoms with Gasteiger partial charge in [-0.15, -0.1) is 0 Å². The van der Waals surface area contributed by atoms with E-state index in [2.05, 4.69) is 58.5 Å². The quantitative estimate of drug-likeness (QED) is 0.820. The van der Waals surface area contributed by atoms with Crippen LogP contribution in [0.4, 0.5) is 0 Å². The maximum absolute atomic E-state index is 5.98. The van der Waals surface area contributed by atoms with Crippen molar-refractivity contribution in [3.8, 4) is 5.75 Å². The lowest BCUT2D eigenvalue weighted by molar-refractivity contribution is 0.316. The maximum atomic E-state index is 5.98. The SMILES string of the molecule is CCNCc1cccc(Br)c1OCCc1ccccc1. The first-order chi connectivity index (χ1) is 9.81. The lowest BCUT2D eigenvalue weighted by atomic mass is 10.1. The summed E-state index contributed by atoms with van der Waals surface area (Å²) in [6, 6.07) is 16.6. The number of hydrogen-bond acceptors (Lipinski definition) is 2. The fraction of sp³-hybridized carbons (Fsp3) is 0.294. The molecule has 106 valence electrons. The molecule has 0 bridgehead atoms. The van der Waals surface area contributed by atoms with Gasteiger partial charge in [0.25, 0.3) is 0 Å². The summed E-state index contributed by atoms with van der Waals surface area (Å²) in [5.41, 5.74) is 2.49. The fourth-order valence-electron chi connectivity index (χ4n) is 2.03. The highest BCUT2D eigenvalue weighted by atomic mass is 79.9. The zero-order valence-corrected chi connectivity index (χ0v) is 13.3. The maximum Gasteiger partial charge on any atom is 0.137 e. The first-order valence-corrected chi connectivity index (χ1v) is 7.75. The van der Waals surface area contributed by atoms with Crippen molar-refractivity contribution >= 4 is 15.9 Å². The zero-order chi connectivity index (χ0) is 14.2. The molecule has 2 rings (SSSR count). The number of hydrogen-bond donors (Lipinski definition) is 1. The van der Waals surface area contributed by atoms with Gasteiger partial charge in [-0.25, -0.2) is 0 Å². The summed E-state index contributed by atoms with van der Waals surface area (Å²) in [6.07, 6.45) is 0.919. The molecule has 0 aliphatic rings. The summed E-state index contributed by atoms with van der Waals surface area (Å²) in [6.45, 7) is 4.58. The molecule has 0 fully saturated rings. The lowest BCUT2D eigenvalue weighted by Crippen LogP contribution is -2.13. The first-order valence-electron chi connectivity index (χ1n) is 6.96. The lowest BCUT2D eigenvalue weighted by Gasteiger charge is -2.13. The molecule has 0 unspecified atom stereocenters. The number of nitrogens with one attached hydrogen (secondary N) is 1. The van der Waals surface area contributed by atoms with Crippen molar-refractivity contribution in [2.75, 3.05) is 13.2 Å². The van der Waals surface area contributed by atoms with Crippen molar-refractivity contribution in [3.05, 3.63) is 64.1 Å². The van der Waals surface area contributed by atoms with Gasteiger partial charge in [0.15, 0.2) is 0 Å². The van der Waals surface area contributed by atoms with Gasteiger partial charge in [-0.05, 0) is 34.1 Å². The van der Waals surface area contributed by atoms with E-state index in [0.29, 0.717) is 6.61 Å². The molecule has 0 amide bonds. The average molecular weight is 334 g/mol. The van der Waals surface area contributed by atoms with Crippen LogP contribution in [-0.4, -0.2) is 13.2 Å². The van der Waals surface area contributed by atoms with Crippen LogP contribution in [0.2, 0.25) is 0 Å². The van der Waals surface area contributed by atoms with E-state index in [0.717, 1.165) is 29.7 Å². The van der Waals surface area contributed by atoms with Crippen LogP contribution in [0, 0.1) is 0 Å². The van der Waals surface area contributed by atoms with Gasteiger partial charge >= 0.3 is 0 Å². The molecule has 1 N–H and O–H groups in total. The Morgan fingerprint density at radius 1 is 1.05 bits per heavy atom. The molecule has 0 radical (unpaired) electrons. The molecule has 2 aromatic rings. The highest BCUT2D eigenvalue weighted by Gasteiger charge is 2.07. The zero-order valence-electron chi connectivity index (χ0n) is 11.7. The van der Waals surface area contributed by atoms with Crippen LogP contribution in [0.5, 0.6) is 5.75 Å². The summed E-state index contributed by atoms with van der Waals surface area (Å²) >= 11 is 3.57. The van der Waals surface area contributed by atoms with Crippen LogP contribution in [0.25, 0.3) is 0 Å². The normalized spacial score (nSPS) is 10.5. The highest BCUT2D eigenvalue weighted by molar-refractivity contribution is 9.10. The van der Waals surface area contributed by atoms with Crippen LogP contribution < -0.4 is 10.1 Å². The molecule has 0 aliphatic heterocycles.